The highest BCUT2D eigenvalue weighted by molar-refractivity contribution is 5.90. The molecule has 0 saturated heterocycles. The van der Waals surface area contributed by atoms with E-state index in [9.17, 15) is 9.18 Å². The third kappa shape index (κ3) is 4.80. The Kier molecular flexibility index (Phi) is 6.69. The maximum absolute atomic E-state index is 13.9. The van der Waals surface area contributed by atoms with Crippen LogP contribution in [-0.4, -0.2) is 28.7 Å². The van der Waals surface area contributed by atoms with Gasteiger partial charge in [-0.3, -0.25) is 4.79 Å². The first-order valence-corrected chi connectivity index (χ1v) is 11.5. The highest BCUT2D eigenvalue weighted by Crippen LogP contribution is 2.40. The van der Waals surface area contributed by atoms with Gasteiger partial charge in [0.25, 0.3) is 0 Å². The fraction of sp³-hybridized carbons (Fsp3) is 0.250. The molecule has 2 aromatic carbocycles. The molecular formula is C28H29FN4O2. The summed E-state index contributed by atoms with van der Waals surface area (Å²) in [5, 5.41) is 7.78. The van der Waals surface area contributed by atoms with Gasteiger partial charge < -0.3 is 14.6 Å². The van der Waals surface area contributed by atoms with Gasteiger partial charge in [0.05, 0.1) is 17.9 Å². The van der Waals surface area contributed by atoms with Crippen molar-refractivity contribution in [1.82, 2.24) is 9.88 Å². The van der Waals surface area contributed by atoms with Crippen molar-refractivity contribution in [3.63, 3.8) is 0 Å². The molecule has 7 heteroatoms. The van der Waals surface area contributed by atoms with Gasteiger partial charge in [-0.2, -0.15) is 5.10 Å². The number of ether oxygens (including phenoxy) is 1. The minimum Gasteiger partial charge on any atom is -0.456 e. The van der Waals surface area contributed by atoms with Crippen LogP contribution in [0.1, 0.15) is 70.7 Å². The van der Waals surface area contributed by atoms with Gasteiger partial charge in [-0.15, -0.1) is 5.10 Å². The van der Waals surface area contributed by atoms with Crippen LogP contribution in [0.5, 0.6) is 11.5 Å². The van der Waals surface area contributed by atoms with Gasteiger partial charge in [-0.05, 0) is 79.3 Å². The minimum atomic E-state index is -0.295. The average molecular weight is 473 g/mol. The standard InChI is InChI=1S/C28H29FN4O2/c1-16(2)20-7-8-26(35-28-17(3)9-22(29)10-18(28)4)24(12-20)25-14-33(19(5)32-30-6)13-21-11-23(15-34)31-27(21)25/h7-12,14-16,31H,6,13H2,1-5H3/b32-19-. The van der Waals surface area contributed by atoms with E-state index in [0.29, 0.717) is 46.6 Å². The molecule has 1 N–H and O–H groups in total. The predicted molar refractivity (Wildman–Crippen MR) is 138 cm³/mol. The molecule has 2 heterocycles. The van der Waals surface area contributed by atoms with Crippen molar-refractivity contribution in [2.75, 3.05) is 0 Å². The van der Waals surface area contributed by atoms with Crippen molar-refractivity contribution in [1.29, 1.82) is 0 Å². The minimum absolute atomic E-state index is 0.291. The summed E-state index contributed by atoms with van der Waals surface area (Å²) in [4.78, 5) is 16.8. The molecule has 0 amide bonds. The SMILES string of the molecule is C=N/N=C(/C)N1C=C(c2cc(C(C)C)ccc2Oc2c(C)cc(F)cc2C)c2[nH]c(C=O)cc2C1. The number of aryl methyl sites for hydroxylation is 2. The van der Waals surface area contributed by atoms with Crippen LogP contribution < -0.4 is 4.74 Å². The molecule has 0 atom stereocenters. The molecule has 180 valence electrons. The molecule has 0 fully saturated rings. The second-order valence-electron chi connectivity index (χ2n) is 9.08. The Morgan fingerprint density at radius 3 is 2.54 bits per heavy atom. The zero-order valence-corrected chi connectivity index (χ0v) is 20.6. The first-order valence-electron chi connectivity index (χ1n) is 11.5. The van der Waals surface area contributed by atoms with Crippen LogP contribution >= 0.6 is 0 Å². The monoisotopic (exact) mass is 472 g/mol. The van der Waals surface area contributed by atoms with Gasteiger partial charge in [-0.25, -0.2) is 4.39 Å². The molecule has 0 saturated carbocycles. The van der Waals surface area contributed by atoms with Crippen LogP contribution in [0.4, 0.5) is 4.39 Å². The number of fused-ring (bicyclic) bond motifs is 1. The highest BCUT2D eigenvalue weighted by Gasteiger charge is 2.26. The molecule has 6 nitrogen and oxygen atoms in total. The zero-order valence-electron chi connectivity index (χ0n) is 20.6. The van der Waals surface area contributed by atoms with Gasteiger partial charge in [0.2, 0.25) is 0 Å². The maximum atomic E-state index is 13.9. The summed E-state index contributed by atoms with van der Waals surface area (Å²) in [5.74, 6) is 1.91. The Hall–Kier alpha value is -4.00. The molecule has 1 aliphatic rings. The summed E-state index contributed by atoms with van der Waals surface area (Å²) in [5.41, 5.74) is 6.57. The zero-order chi connectivity index (χ0) is 25.3. The lowest BCUT2D eigenvalue weighted by atomic mass is 9.92. The number of aldehydes is 1. The number of carbonyl (C=O) groups is 1. The van der Waals surface area contributed by atoms with Crippen molar-refractivity contribution in [3.8, 4) is 11.5 Å². The number of hydrogen-bond donors (Lipinski definition) is 1. The maximum Gasteiger partial charge on any atom is 0.166 e. The van der Waals surface area contributed by atoms with Crippen LogP contribution in [0, 0.1) is 19.7 Å². The van der Waals surface area contributed by atoms with Gasteiger partial charge >= 0.3 is 0 Å². The summed E-state index contributed by atoms with van der Waals surface area (Å²) < 4.78 is 20.4. The molecule has 0 aliphatic carbocycles. The predicted octanol–water partition coefficient (Wildman–Crippen LogP) is 6.74. The van der Waals surface area contributed by atoms with Crippen molar-refractivity contribution in [2.45, 2.75) is 47.1 Å². The largest absolute Gasteiger partial charge is 0.456 e. The number of hydrogen-bond acceptors (Lipinski definition) is 4. The normalized spacial score (nSPS) is 13.5. The molecule has 0 spiro atoms. The van der Waals surface area contributed by atoms with E-state index >= 15 is 0 Å². The second kappa shape index (κ2) is 9.70. The fourth-order valence-corrected chi connectivity index (χ4v) is 4.35. The summed E-state index contributed by atoms with van der Waals surface area (Å²) in [6.07, 6.45) is 2.79. The van der Waals surface area contributed by atoms with Crippen LogP contribution in [0.25, 0.3) is 5.57 Å². The summed E-state index contributed by atoms with van der Waals surface area (Å²) in [6.45, 7) is 13.8. The van der Waals surface area contributed by atoms with E-state index in [4.69, 9.17) is 4.74 Å². The number of aromatic amines is 1. The van der Waals surface area contributed by atoms with E-state index < -0.39 is 0 Å². The number of H-pyrrole nitrogens is 1. The number of rotatable bonds is 6. The van der Waals surface area contributed by atoms with E-state index in [0.717, 1.165) is 34.2 Å². The lowest BCUT2D eigenvalue weighted by Crippen LogP contribution is -2.26. The third-order valence-corrected chi connectivity index (χ3v) is 6.17. The smallest absolute Gasteiger partial charge is 0.166 e. The number of benzene rings is 2. The number of halogens is 1. The lowest BCUT2D eigenvalue weighted by molar-refractivity contribution is 0.111. The molecule has 4 rings (SSSR count). The van der Waals surface area contributed by atoms with Crippen molar-refractivity contribution < 1.29 is 13.9 Å². The van der Waals surface area contributed by atoms with Gasteiger partial charge in [-0.1, -0.05) is 19.9 Å². The Morgan fingerprint density at radius 2 is 1.91 bits per heavy atom. The Bertz CT molecular complexity index is 1340. The molecule has 1 aromatic heterocycles. The van der Waals surface area contributed by atoms with Gasteiger partial charge in [0.15, 0.2) is 6.29 Å². The fourth-order valence-electron chi connectivity index (χ4n) is 4.35. The van der Waals surface area contributed by atoms with Crippen LogP contribution in [0.3, 0.4) is 0 Å². The number of nitrogens with zero attached hydrogens (tertiary/aromatic N) is 3. The Balaban J connectivity index is 1.93. The first-order chi connectivity index (χ1) is 16.7. The first kappa shape index (κ1) is 24.1. The molecule has 35 heavy (non-hydrogen) atoms. The average Bonchev–Trinajstić information content (AvgIpc) is 3.24. The molecular weight excluding hydrogens is 443 g/mol. The van der Waals surface area contributed by atoms with E-state index in [1.807, 2.05) is 50.1 Å². The molecule has 1 aliphatic heterocycles. The molecule has 0 unspecified atom stereocenters. The molecule has 3 aromatic rings. The lowest BCUT2D eigenvalue weighted by Gasteiger charge is -2.27. The second-order valence-corrected chi connectivity index (χ2v) is 9.08. The number of carbonyl (C=O) groups excluding carboxylic acids is 1. The van der Waals surface area contributed by atoms with E-state index in [1.54, 1.807) is 0 Å². The molecule has 0 radical (unpaired) electrons. The van der Waals surface area contributed by atoms with Crippen LogP contribution in [0.15, 0.2) is 52.8 Å². The Morgan fingerprint density at radius 1 is 1.20 bits per heavy atom. The molecule has 0 bridgehead atoms. The number of amidine groups is 1. The third-order valence-electron chi connectivity index (χ3n) is 6.17. The van der Waals surface area contributed by atoms with Crippen LogP contribution in [0.2, 0.25) is 0 Å². The van der Waals surface area contributed by atoms with Crippen LogP contribution in [-0.2, 0) is 6.54 Å². The van der Waals surface area contributed by atoms with Crippen molar-refractivity contribution in [3.05, 3.63) is 87.6 Å². The summed E-state index contributed by atoms with van der Waals surface area (Å²) in [7, 11) is 0. The van der Waals surface area contributed by atoms with Gasteiger partial charge in [0, 0.05) is 24.1 Å². The quantitative estimate of drug-likeness (QED) is 0.187. The summed E-state index contributed by atoms with van der Waals surface area (Å²) in [6, 6.07) is 10.9. The van der Waals surface area contributed by atoms with E-state index in [2.05, 4.69) is 41.8 Å². The Labute approximate surface area is 204 Å². The van der Waals surface area contributed by atoms with E-state index in [-0.39, 0.29) is 5.82 Å². The number of nitrogens with one attached hydrogen (secondary N) is 1. The van der Waals surface area contributed by atoms with E-state index in [1.165, 1.54) is 12.1 Å². The highest BCUT2D eigenvalue weighted by atomic mass is 19.1. The van der Waals surface area contributed by atoms with Crippen molar-refractivity contribution >= 4 is 24.4 Å². The van der Waals surface area contributed by atoms with Gasteiger partial charge in [0.1, 0.15) is 23.2 Å². The number of aromatic nitrogens is 1. The summed E-state index contributed by atoms with van der Waals surface area (Å²) >= 11 is 0. The topological polar surface area (TPSA) is 70.0 Å². The van der Waals surface area contributed by atoms with Crippen molar-refractivity contribution in [2.24, 2.45) is 10.2 Å².